The third-order valence-electron chi connectivity index (χ3n) is 4.28. The average Bonchev–Trinajstić information content (AvgIpc) is 3.02. The number of ether oxygens (including phenoxy) is 2. The number of rotatable bonds is 8. The van der Waals surface area contributed by atoms with Crippen LogP contribution in [0, 0.1) is 0 Å². The van der Waals surface area contributed by atoms with Crippen molar-refractivity contribution in [3.8, 4) is 0 Å². The standard InChI is InChI=1S/C17H24N6O3/c18-16-15(17(19)24)20-21-23(16)11-14(10-22-6-8-25-9-7-22)26-12-13-4-2-1-3-5-13/h1-5,14H,6-12,18H2,(H2,19,24). The van der Waals surface area contributed by atoms with E-state index in [-0.39, 0.29) is 17.6 Å². The molecule has 26 heavy (non-hydrogen) atoms. The van der Waals surface area contributed by atoms with Crippen LogP contribution in [0.25, 0.3) is 0 Å². The maximum absolute atomic E-state index is 11.3. The van der Waals surface area contributed by atoms with E-state index in [0.717, 1.165) is 18.7 Å². The van der Waals surface area contributed by atoms with Crippen molar-refractivity contribution in [2.24, 2.45) is 5.73 Å². The second kappa shape index (κ2) is 8.75. The lowest BCUT2D eigenvalue weighted by atomic mass is 10.2. The predicted octanol–water partition coefficient (Wildman–Crippen LogP) is -0.123. The van der Waals surface area contributed by atoms with Gasteiger partial charge in [0.15, 0.2) is 11.5 Å². The predicted molar refractivity (Wildman–Crippen MR) is 95.2 cm³/mol. The van der Waals surface area contributed by atoms with Crippen LogP contribution in [-0.4, -0.2) is 64.8 Å². The van der Waals surface area contributed by atoms with Crippen molar-refractivity contribution in [1.29, 1.82) is 0 Å². The Balaban J connectivity index is 1.68. The van der Waals surface area contributed by atoms with Gasteiger partial charge in [-0.25, -0.2) is 4.68 Å². The fourth-order valence-electron chi connectivity index (χ4n) is 2.85. The highest BCUT2D eigenvalue weighted by Crippen LogP contribution is 2.12. The van der Waals surface area contributed by atoms with E-state index in [0.29, 0.717) is 32.9 Å². The van der Waals surface area contributed by atoms with Gasteiger partial charge in [-0.3, -0.25) is 9.69 Å². The number of hydrogen-bond donors (Lipinski definition) is 2. The molecule has 3 rings (SSSR count). The minimum Gasteiger partial charge on any atom is -0.382 e. The molecule has 1 aromatic heterocycles. The van der Waals surface area contributed by atoms with E-state index in [2.05, 4.69) is 15.2 Å². The Bertz CT molecular complexity index is 715. The van der Waals surface area contributed by atoms with Gasteiger partial charge in [0.2, 0.25) is 0 Å². The Kier molecular flexibility index (Phi) is 6.16. The Labute approximate surface area is 151 Å². The fraction of sp³-hybridized carbons (Fsp3) is 0.471. The number of benzene rings is 1. The second-order valence-electron chi connectivity index (χ2n) is 6.20. The molecule has 1 aliphatic rings. The zero-order valence-corrected chi connectivity index (χ0v) is 14.6. The number of hydrogen-bond acceptors (Lipinski definition) is 7. The topological polar surface area (TPSA) is 122 Å². The Morgan fingerprint density at radius 3 is 2.62 bits per heavy atom. The summed E-state index contributed by atoms with van der Waals surface area (Å²) in [6, 6.07) is 9.95. The highest BCUT2D eigenvalue weighted by Gasteiger charge is 2.21. The first-order chi connectivity index (χ1) is 12.6. The van der Waals surface area contributed by atoms with Crippen LogP contribution in [0.2, 0.25) is 0 Å². The molecule has 1 aliphatic heterocycles. The fourth-order valence-corrected chi connectivity index (χ4v) is 2.85. The zero-order chi connectivity index (χ0) is 18.4. The number of morpholine rings is 1. The highest BCUT2D eigenvalue weighted by atomic mass is 16.5. The minimum absolute atomic E-state index is 0.0156. The third kappa shape index (κ3) is 4.78. The first-order valence-corrected chi connectivity index (χ1v) is 8.58. The quantitative estimate of drug-likeness (QED) is 0.673. The lowest BCUT2D eigenvalue weighted by Gasteiger charge is -2.30. The summed E-state index contributed by atoms with van der Waals surface area (Å²) in [5.74, 6) is -0.531. The lowest BCUT2D eigenvalue weighted by Crippen LogP contribution is -2.43. The first-order valence-electron chi connectivity index (χ1n) is 8.58. The molecule has 1 atom stereocenters. The third-order valence-corrected chi connectivity index (χ3v) is 4.28. The van der Waals surface area contributed by atoms with Crippen molar-refractivity contribution in [3.63, 3.8) is 0 Å². The van der Waals surface area contributed by atoms with Gasteiger partial charge in [0.25, 0.3) is 5.91 Å². The number of nitrogen functional groups attached to an aromatic ring is 1. The molecule has 2 heterocycles. The monoisotopic (exact) mass is 360 g/mol. The molecule has 0 radical (unpaired) electrons. The van der Waals surface area contributed by atoms with Gasteiger partial charge in [-0.1, -0.05) is 35.5 Å². The van der Waals surface area contributed by atoms with E-state index in [9.17, 15) is 4.79 Å². The van der Waals surface area contributed by atoms with Gasteiger partial charge in [0, 0.05) is 19.6 Å². The summed E-state index contributed by atoms with van der Waals surface area (Å²) in [5, 5.41) is 7.70. The van der Waals surface area contributed by atoms with E-state index in [1.165, 1.54) is 4.68 Å². The molecule has 4 N–H and O–H groups in total. The lowest BCUT2D eigenvalue weighted by molar-refractivity contribution is -0.0251. The van der Waals surface area contributed by atoms with Crippen LogP contribution in [0.15, 0.2) is 30.3 Å². The van der Waals surface area contributed by atoms with E-state index in [4.69, 9.17) is 20.9 Å². The number of anilines is 1. The molecule has 9 nitrogen and oxygen atoms in total. The van der Waals surface area contributed by atoms with Crippen molar-refractivity contribution in [2.75, 3.05) is 38.6 Å². The first kappa shape index (κ1) is 18.3. The number of nitrogens with two attached hydrogens (primary N) is 2. The molecule has 0 aliphatic carbocycles. The maximum Gasteiger partial charge on any atom is 0.273 e. The highest BCUT2D eigenvalue weighted by molar-refractivity contribution is 5.94. The average molecular weight is 360 g/mol. The summed E-state index contributed by atoms with van der Waals surface area (Å²) in [4.78, 5) is 13.6. The van der Waals surface area contributed by atoms with Crippen molar-refractivity contribution in [2.45, 2.75) is 19.3 Å². The van der Waals surface area contributed by atoms with Gasteiger partial charge < -0.3 is 20.9 Å². The van der Waals surface area contributed by atoms with E-state index < -0.39 is 5.91 Å². The summed E-state index contributed by atoms with van der Waals surface area (Å²) in [5.41, 5.74) is 12.3. The largest absolute Gasteiger partial charge is 0.382 e. The Hall–Kier alpha value is -2.49. The van der Waals surface area contributed by atoms with Crippen molar-refractivity contribution in [1.82, 2.24) is 19.9 Å². The molecule has 0 spiro atoms. The van der Waals surface area contributed by atoms with Crippen LogP contribution in [0.3, 0.4) is 0 Å². The number of primary amides is 1. The number of aromatic nitrogens is 3. The van der Waals surface area contributed by atoms with Gasteiger partial charge in [-0.15, -0.1) is 5.10 Å². The van der Waals surface area contributed by atoms with Gasteiger partial charge in [0.1, 0.15) is 0 Å². The summed E-state index contributed by atoms with van der Waals surface area (Å²) in [7, 11) is 0. The van der Waals surface area contributed by atoms with E-state index in [1.54, 1.807) is 0 Å². The SMILES string of the molecule is NC(=O)c1nnn(CC(CN2CCOCC2)OCc2ccccc2)c1N. The number of carbonyl (C=O) groups excluding carboxylic acids is 1. The van der Waals surface area contributed by atoms with Gasteiger partial charge in [-0.05, 0) is 5.56 Å². The number of nitrogens with zero attached hydrogens (tertiary/aromatic N) is 4. The van der Waals surface area contributed by atoms with Crippen molar-refractivity contribution in [3.05, 3.63) is 41.6 Å². The molecule has 1 fully saturated rings. The van der Waals surface area contributed by atoms with E-state index in [1.807, 2.05) is 30.3 Å². The van der Waals surface area contributed by atoms with Gasteiger partial charge in [-0.2, -0.15) is 0 Å². The summed E-state index contributed by atoms with van der Waals surface area (Å²) < 4.78 is 13.0. The van der Waals surface area contributed by atoms with Crippen LogP contribution in [0.1, 0.15) is 16.1 Å². The Morgan fingerprint density at radius 2 is 1.96 bits per heavy atom. The molecule has 1 aromatic carbocycles. The molecule has 0 saturated carbocycles. The molecule has 9 heteroatoms. The normalized spacial score (nSPS) is 16.5. The summed E-state index contributed by atoms with van der Waals surface area (Å²) in [6.07, 6.45) is -0.168. The van der Waals surface area contributed by atoms with E-state index >= 15 is 0 Å². The molecule has 1 amide bonds. The van der Waals surface area contributed by atoms with Crippen molar-refractivity contribution >= 4 is 11.7 Å². The molecule has 0 bridgehead atoms. The molecule has 1 saturated heterocycles. The van der Waals surface area contributed by atoms with Crippen molar-refractivity contribution < 1.29 is 14.3 Å². The maximum atomic E-state index is 11.3. The molecule has 1 unspecified atom stereocenters. The minimum atomic E-state index is -0.691. The zero-order valence-electron chi connectivity index (χ0n) is 14.6. The Morgan fingerprint density at radius 1 is 1.23 bits per heavy atom. The second-order valence-corrected chi connectivity index (χ2v) is 6.20. The molecular weight excluding hydrogens is 336 g/mol. The number of amides is 1. The summed E-state index contributed by atoms with van der Waals surface area (Å²) in [6.45, 7) is 4.70. The molecule has 140 valence electrons. The number of carbonyl (C=O) groups is 1. The van der Waals surface area contributed by atoms with Gasteiger partial charge >= 0.3 is 0 Å². The van der Waals surface area contributed by atoms with Crippen LogP contribution in [0.4, 0.5) is 5.82 Å². The van der Waals surface area contributed by atoms with Gasteiger partial charge in [0.05, 0.1) is 32.5 Å². The molecular formula is C17H24N6O3. The molecule has 2 aromatic rings. The summed E-state index contributed by atoms with van der Waals surface area (Å²) >= 11 is 0. The van der Waals surface area contributed by atoms with Crippen LogP contribution < -0.4 is 11.5 Å². The van der Waals surface area contributed by atoms with Crippen LogP contribution in [0.5, 0.6) is 0 Å². The smallest absolute Gasteiger partial charge is 0.273 e. The van der Waals surface area contributed by atoms with Crippen LogP contribution >= 0.6 is 0 Å². The van der Waals surface area contributed by atoms with Crippen LogP contribution in [-0.2, 0) is 22.6 Å².